The first-order valence-corrected chi connectivity index (χ1v) is 5.50. The summed E-state index contributed by atoms with van der Waals surface area (Å²) < 4.78 is 0. The third-order valence-electron chi connectivity index (χ3n) is 2.85. The van der Waals surface area contributed by atoms with E-state index in [1.165, 1.54) is 0 Å². The zero-order valence-electron chi connectivity index (χ0n) is 9.77. The molecule has 0 saturated carbocycles. The second-order valence-corrected chi connectivity index (χ2v) is 4.14. The second-order valence-electron chi connectivity index (χ2n) is 4.14. The van der Waals surface area contributed by atoms with Gasteiger partial charge in [0, 0.05) is 19.2 Å². The molecule has 0 aromatic heterocycles. The molecule has 0 bridgehead atoms. The maximum absolute atomic E-state index is 8.99. The minimum atomic E-state index is 0.196. The third kappa shape index (κ3) is 3.65. The van der Waals surface area contributed by atoms with Crippen LogP contribution in [0.4, 0.5) is 0 Å². The van der Waals surface area contributed by atoms with Crippen LogP contribution in [0.3, 0.4) is 0 Å². The van der Waals surface area contributed by atoms with Gasteiger partial charge in [-0.2, -0.15) is 5.26 Å². The van der Waals surface area contributed by atoms with Crippen molar-refractivity contribution in [2.45, 2.75) is 26.4 Å². The van der Waals surface area contributed by atoms with Gasteiger partial charge in [-0.25, -0.2) is 0 Å². The van der Waals surface area contributed by atoms with E-state index in [2.05, 4.69) is 18.3 Å². The zero-order chi connectivity index (χ0) is 12.0. The molecule has 86 valence electrons. The van der Waals surface area contributed by atoms with Gasteiger partial charge in [0.15, 0.2) is 0 Å². The highest BCUT2D eigenvalue weighted by Crippen LogP contribution is 2.05. The molecule has 0 fully saturated rings. The van der Waals surface area contributed by atoms with E-state index in [9.17, 15) is 0 Å². The Morgan fingerprint density at radius 3 is 2.44 bits per heavy atom. The molecule has 2 N–H and O–H groups in total. The Hall–Kier alpha value is -1.37. The number of rotatable bonds is 5. The molecule has 0 aliphatic rings. The van der Waals surface area contributed by atoms with Gasteiger partial charge in [-0.3, -0.25) is 0 Å². The topological polar surface area (TPSA) is 56.0 Å². The number of nitrogens with one attached hydrogen (secondary N) is 1. The molecule has 0 heterocycles. The monoisotopic (exact) mass is 218 g/mol. The first kappa shape index (κ1) is 12.7. The highest BCUT2D eigenvalue weighted by molar-refractivity contribution is 5.31. The van der Waals surface area contributed by atoms with Crippen molar-refractivity contribution in [3.8, 4) is 6.07 Å². The maximum Gasteiger partial charge on any atom is 0.0991 e. The molecule has 0 radical (unpaired) electrons. The van der Waals surface area contributed by atoms with Crippen LogP contribution in [-0.2, 0) is 6.54 Å². The van der Waals surface area contributed by atoms with Crippen LogP contribution in [-0.4, -0.2) is 17.8 Å². The lowest BCUT2D eigenvalue weighted by atomic mass is 10.0. The fraction of sp³-hybridized carbons (Fsp3) is 0.462. The summed E-state index contributed by atoms with van der Waals surface area (Å²) in [7, 11) is 0. The minimum Gasteiger partial charge on any atom is -0.396 e. The highest BCUT2D eigenvalue weighted by Gasteiger charge is 2.09. The number of nitrogens with zero attached hydrogens (tertiary/aromatic N) is 1. The van der Waals surface area contributed by atoms with Crippen LogP contribution in [0.2, 0.25) is 0 Å². The van der Waals surface area contributed by atoms with E-state index in [1.54, 1.807) is 0 Å². The summed E-state index contributed by atoms with van der Waals surface area (Å²) >= 11 is 0. The molecule has 0 aliphatic heterocycles. The van der Waals surface area contributed by atoms with Crippen LogP contribution in [0.5, 0.6) is 0 Å². The Morgan fingerprint density at radius 2 is 1.94 bits per heavy atom. The van der Waals surface area contributed by atoms with Crippen molar-refractivity contribution in [1.29, 1.82) is 5.26 Å². The van der Waals surface area contributed by atoms with E-state index in [0.717, 1.165) is 12.1 Å². The molecule has 1 aromatic rings. The average molecular weight is 218 g/mol. The average Bonchev–Trinajstić information content (AvgIpc) is 2.35. The summed E-state index contributed by atoms with van der Waals surface area (Å²) in [4.78, 5) is 0. The van der Waals surface area contributed by atoms with Crippen LogP contribution < -0.4 is 5.32 Å². The van der Waals surface area contributed by atoms with Crippen LogP contribution in [0.25, 0.3) is 0 Å². The Morgan fingerprint density at radius 1 is 1.31 bits per heavy atom. The standard InChI is InChI=1S/C13H18N2O/c1-10(9-16)11(2)15-8-13-5-3-12(7-14)4-6-13/h3-6,10-11,15-16H,8-9H2,1-2H3. The van der Waals surface area contributed by atoms with Gasteiger partial charge in [-0.1, -0.05) is 19.1 Å². The molecule has 0 spiro atoms. The van der Waals surface area contributed by atoms with Crippen molar-refractivity contribution in [2.24, 2.45) is 5.92 Å². The Balaban J connectivity index is 2.46. The van der Waals surface area contributed by atoms with E-state index in [-0.39, 0.29) is 18.6 Å². The van der Waals surface area contributed by atoms with Gasteiger partial charge < -0.3 is 10.4 Å². The van der Waals surface area contributed by atoms with E-state index in [0.29, 0.717) is 5.56 Å². The number of hydrogen-bond acceptors (Lipinski definition) is 3. The van der Waals surface area contributed by atoms with Crippen molar-refractivity contribution in [1.82, 2.24) is 5.32 Å². The van der Waals surface area contributed by atoms with Crippen molar-refractivity contribution < 1.29 is 5.11 Å². The smallest absolute Gasteiger partial charge is 0.0991 e. The first-order chi connectivity index (χ1) is 7.67. The second kappa shape index (κ2) is 6.26. The van der Waals surface area contributed by atoms with Gasteiger partial charge in [0.1, 0.15) is 0 Å². The maximum atomic E-state index is 8.99. The van der Waals surface area contributed by atoms with Crippen LogP contribution in [0.15, 0.2) is 24.3 Å². The summed E-state index contributed by atoms with van der Waals surface area (Å²) in [5.41, 5.74) is 1.83. The number of aliphatic hydroxyl groups is 1. The van der Waals surface area contributed by atoms with Crippen LogP contribution in [0.1, 0.15) is 25.0 Å². The van der Waals surface area contributed by atoms with Gasteiger partial charge in [0.2, 0.25) is 0 Å². The van der Waals surface area contributed by atoms with Crippen molar-refractivity contribution in [2.75, 3.05) is 6.61 Å². The Bertz CT molecular complexity index is 353. The highest BCUT2D eigenvalue weighted by atomic mass is 16.3. The largest absolute Gasteiger partial charge is 0.396 e. The Kier molecular flexibility index (Phi) is 4.97. The summed E-state index contributed by atoms with van der Waals surface area (Å²) in [6.07, 6.45) is 0. The van der Waals surface area contributed by atoms with E-state index in [4.69, 9.17) is 10.4 Å². The number of benzene rings is 1. The number of nitriles is 1. The SMILES string of the molecule is CC(CO)C(C)NCc1ccc(C#N)cc1. The molecular weight excluding hydrogens is 200 g/mol. The van der Waals surface area contributed by atoms with Crippen LogP contribution in [0, 0.1) is 17.2 Å². The molecule has 3 heteroatoms. The molecule has 3 nitrogen and oxygen atoms in total. The quantitative estimate of drug-likeness (QED) is 0.790. The molecule has 1 rings (SSSR count). The molecule has 0 saturated heterocycles. The van der Waals surface area contributed by atoms with Gasteiger partial charge >= 0.3 is 0 Å². The lowest BCUT2D eigenvalue weighted by Crippen LogP contribution is -2.33. The summed E-state index contributed by atoms with van der Waals surface area (Å²) in [6.45, 7) is 5.03. The molecule has 0 aliphatic carbocycles. The zero-order valence-corrected chi connectivity index (χ0v) is 9.77. The van der Waals surface area contributed by atoms with E-state index < -0.39 is 0 Å². The molecule has 0 amide bonds. The van der Waals surface area contributed by atoms with Gasteiger partial charge in [-0.05, 0) is 30.5 Å². The van der Waals surface area contributed by atoms with Crippen molar-refractivity contribution in [3.05, 3.63) is 35.4 Å². The number of hydrogen-bond donors (Lipinski definition) is 2. The predicted molar refractivity (Wildman–Crippen MR) is 63.7 cm³/mol. The fourth-order valence-electron chi connectivity index (χ4n) is 1.34. The van der Waals surface area contributed by atoms with Gasteiger partial charge in [-0.15, -0.1) is 0 Å². The lowest BCUT2D eigenvalue weighted by Gasteiger charge is -2.19. The van der Waals surface area contributed by atoms with Crippen molar-refractivity contribution >= 4 is 0 Å². The molecule has 2 unspecified atom stereocenters. The third-order valence-corrected chi connectivity index (χ3v) is 2.85. The first-order valence-electron chi connectivity index (χ1n) is 5.50. The molecular formula is C13H18N2O. The number of aliphatic hydroxyl groups excluding tert-OH is 1. The van der Waals surface area contributed by atoms with Crippen molar-refractivity contribution in [3.63, 3.8) is 0 Å². The summed E-state index contributed by atoms with van der Waals surface area (Å²) in [5.74, 6) is 0.249. The summed E-state index contributed by atoms with van der Waals surface area (Å²) in [6, 6.07) is 9.90. The Labute approximate surface area is 96.7 Å². The fourth-order valence-corrected chi connectivity index (χ4v) is 1.34. The summed E-state index contributed by atoms with van der Waals surface area (Å²) in [5, 5.41) is 21.0. The minimum absolute atomic E-state index is 0.196. The normalized spacial score (nSPS) is 14.1. The molecule has 16 heavy (non-hydrogen) atoms. The lowest BCUT2D eigenvalue weighted by molar-refractivity contribution is 0.207. The van der Waals surface area contributed by atoms with E-state index >= 15 is 0 Å². The van der Waals surface area contributed by atoms with Gasteiger partial charge in [0.25, 0.3) is 0 Å². The van der Waals surface area contributed by atoms with E-state index in [1.807, 2.05) is 31.2 Å². The molecule has 1 aromatic carbocycles. The predicted octanol–water partition coefficient (Wildman–Crippen LogP) is 1.66. The molecule has 2 atom stereocenters. The van der Waals surface area contributed by atoms with Gasteiger partial charge in [0.05, 0.1) is 11.6 Å². The van der Waals surface area contributed by atoms with Crippen LogP contribution >= 0.6 is 0 Å².